The Bertz CT molecular complexity index is 779. The van der Waals surface area contributed by atoms with E-state index in [1.807, 2.05) is 0 Å². The number of nitriles is 1. The maximum Gasteiger partial charge on any atom is 0.165 e. The molecule has 2 aromatic rings. The monoisotopic (exact) mass is 312 g/mol. The summed E-state index contributed by atoms with van der Waals surface area (Å²) in [6, 6.07) is 5.66. The Kier molecular flexibility index (Phi) is 4.11. The minimum atomic E-state index is -0.497. The average Bonchev–Trinajstić information content (AvgIpc) is 2.57. The summed E-state index contributed by atoms with van der Waals surface area (Å²) in [5.41, 5.74) is 6.99. The molecule has 0 amide bonds. The Labute approximate surface area is 133 Å². The van der Waals surface area contributed by atoms with Gasteiger partial charge in [0.2, 0.25) is 0 Å². The number of nitrogen functional groups attached to an aromatic ring is 1. The van der Waals surface area contributed by atoms with Crippen LogP contribution in [-0.2, 0) is 0 Å². The van der Waals surface area contributed by atoms with Crippen LogP contribution in [0.4, 0.5) is 10.2 Å². The summed E-state index contributed by atoms with van der Waals surface area (Å²) in [6.45, 7) is 0. The van der Waals surface area contributed by atoms with Crippen molar-refractivity contribution in [2.24, 2.45) is 0 Å². The van der Waals surface area contributed by atoms with Crippen molar-refractivity contribution in [1.82, 2.24) is 9.97 Å². The molecule has 0 bridgehead atoms. The van der Waals surface area contributed by atoms with Crippen molar-refractivity contribution in [3.63, 3.8) is 0 Å². The maximum atomic E-state index is 13.5. The van der Waals surface area contributed by atoms with E-state index in [-0.39, 0.29) is 34.4 Å². The first kappa shape index (κ1) is 15.2. The number of anilines is 1. The van der Waals surface area contributed by atoms with E-state index in [4.69, 9.17) is 5.73 Å². The largest absolute Gasteiger partial charge is 0.507 e. The van der Waals surface area contributed by atoms with Crippen LogP contribution in [0.3, 0.4) is 0 Å². The van der Waals surface area contributed by atoms with Crippen LogP contribution in [0.5, 0.6) is 5.75 Å². The lowest BCUT2D eigenvalue weighted by molar-refractivity contribution is 0.436. The van der Waals surface area contributed by atoms with Gasteiger partial charge in [-0.3, -0.25) is 0 Å². The van der Waals surface area contributed by atoms with E-state index in [1.165, 1.54) is 18.6 Å². The SMILES string of the molecule is N#Cc1c(N)nc(-c2cc(F)ccc2O)nc1C1CCCCC1. The summed E-state index contributed by atoms with van der Waals surface area (Å²) >= 11 is 0. The molecule has 1 heterocycles. The van der Waals surface area contributed by atoms with E-state index in [0.29, 0.717) is 5.69 Å². The van der Waals surface area contributed by atoms with Gasteiger partial charge in [-0.1, -0.05) is 19.3 Å². The fourth-order valence-electron chi connectivity index (χ4n) is 3.09. The Morgan fingerprint density at radius 3 is 2.65 bits per heavy atom. The van der Waals surface area contributed by atoms with Gasteiger partial charge in [-0.2, -0.15) is 5.26 Å². The molecule has 0 atom stereocenters. The number of hydrogen-bond acceptors (Lipinski definition) is 5. The lowest BCUT2D eigenvalue weighted by atomic mass is 9.85. The third kappa shape index (κ3) is 2.95. The van der Waals surface area contributed by atoms with Crippen molar-refractivity contribution < 1.29 is 9.50 Å². The molecule has 1 aliphatic rings. The van der Waals surface area contributed by atoms with Crippen LogP contribution in [0, 0.1) is 17.1 Å². The second kappa shape index (κ2) is 6.21. The number of phenols is 1. The summed E-state index contributed by atoms with van der Waals surface area (Å²) in [5.74, 6) is -0.243. The molecule has 1 fully saturated rings. The lowest BCUT2D eigenvalue weighted by Gasteiger charge is -2.22. The molecule has 3 N–H and O–H groups in total. The standard InChI is InChI=1S/C17H17FN4O/c18-11-6-7-14(23)12(8-11)17-21-15(10-4-2-1-3-5-10)13(9-19)16(20)22-17/h6-8,10,23H,1-5H2,(H2,20,21,22). The van der Waals surface area contributed by atoms with Crippen LogP contribution in [0.1, 0.15) is 49.3 Å². The van der Waals surface area contributed by atoms with Crippen molar-refractivity contribution in [2.45, 2.75) is 38.0 Å². The molecule has 0 saturated heterocycles. The van der Waals surface area contributed by atoms with Gasteiger partial charge >= 0.3 is 0 Å². The first-order valence-corrected chi connectivity index (χ1v) is 7.66. The third-order valence-electron chi connectivity index (χ3n) is 4.27. The molecule has 6 heteroatoms. The number of benzene rings is 1. The van der Waals surface area contributed by atoms with E-state index in [2.05, 4.69) is 16.0 Å². The first-order chi connectivity index (χ1) is 11.1. The van der Waals surface area contributed by atoms with Crippen molar-refractivity contribution in [3.05, 3.63) is 35.3 Å². The van der Waals surface area contributed by atoms with Gasteiger partial charge in [-0.25, -0.2) is 14.4 Å². The first-order valence-electron chi connectivity index (χ1n) is 7.66. The summed E-state index contributed by atoms with van der Waals surface area (Å²) in [5, 5.41) is 19.3. The van der Waals surface area contributed by atoms with Crippen molar-refractivity contribution >= 4 is 5.82 Å². The van der Waals surface area contributed by atoms with Crippen LogP contribution in [0.25, 0.3) is 11.4 Å². The molecular formula is C17H17FN4O. The van der Waals surface area contributed by atoms with Crippen LogP contribution in [0.2, 0.25) is 0 Å². The van der Waals surface area contributed by atoms with E-state index >= 15 is 0 Å². The van der Waals surface area contributed by atoms with Gasteiger partial charge in [0, 0.05) is 5.92 Å². The summed E-state index contributed by atoms with van der Waals surface area (Å²) in [4.78, 5) is 8.55. The van der Waals surface area contributed by atoms with Gasteiger partial charge in [0.15, 0.2) is 5.82 Å². The maximum absolute atomic E-state index is 13.5. The van der Waals surface area contributed by atoms with E-state index in [0.717, 1.165) is 31.7 Å². The van der Waals surface area contributed by atoms with Gasteiger partial charge in [0.1, 0.15) is 29.0 Å². The van der Waals surface area contributed by atoms with Crippen molar-refractivity contribution in [3.8, 4) is 23.2 Å². The zero-order chi connectivity index (χ0) is 16.4. The van der Waals surface area contributed by atoms with Gasteiger partial charge in [-0.05, 0) is 31.0 Å². The highest BCUT2D eigenvalue weighted by atomic mass is 19.1. The molecule has 0 unspecified atom stereocenters. The van der Waals surface area contributed by atoms with Crippen LogP contribution in [0.15, 0.2) is 18.2 Å². The van der Waals surface area contributed by atoms with E-state index in [1.54, 1.807) is 0 Å². The number of rotatable bonds is 2. The van der Waals surface area contributed by atoms with Gasteiger partial charge in [0.25, 0.3) is 0 Å². The summed E-state index contributed by atoms with van der Waals surface area (Å²) in [7, 11) is 0. The quantitative estimate of drug-likeness (QED) is 0.885. The number of nitrogens with zero attached hydrogens (tertiary/aromatic N) is 3. The molecule has 1 aliphatic carbocycles. The molecule has 1 saturated carbocycles. The van der Waals surface area contributed by atoms with Crippen LogP contribution < -0.4 is 5.73 Å². The van der Waals surface area contributed by atoms with Gasteiger partial charge in [0.05, 0.1) is 11.3 Å². The molecule has 118 valence electrons. The molecule has 3 rings (SSSR count). The Balaban J connectivity index is 2.14. The van der Waals surface area contributed by atoms with E-state index in [9.17, 15) is 14.8 Å². The van der Waals surface area contributed by atoms with Crippen molar-refractivity contribution in [2.75, 3.05) is 5.73 Å². The summed E-state index contributed by atoms with van der Waals surface area (Å²) < 4.78 is 13.5. The molecule has 23 heavy (non-hydrogen) atoms. The Morgan fingerprint density at radius 2 is 1.96 bits per heavy atom. The van der Waals surface area contributed by atoms with Gasteiger partial charge < -0.3 is 10.8 Å². The Hall–Kier alpha value is -2.68. The zero-order valence-electron chi connectivity index (χ0n) is 12.6. The second-order valence-corrected chi connectivity index (χ2v) is 5.80. The molecule has 0 spiro atoms. The number of nitrogens with two attached hydrogens (primary N) is 1. The predicted octanol–water partition coefficient (Wildman–Crippen LogP) is 3.49. The number of aromatic nitrogens is 2. The van der Waals surface area contributed by atoms with Crippen molar-refractivity contribution in [1.29, 1.82) is 5.26 Å². The lowest BCUT2D eigenvalue weighted by Crippen LogP contribution is -2.12. The molecule has 5 nitrogen and oxygen atoms in total. The number of hydrogen-bond donors (Lipinski definition) is 2. The normalized spacial score (nSPS) is 15.3. The minimum Gasteiger partial charge on any atom is -0.507 e. The topological polar surface area (TPSA) is 95.8 Å². The molecule has 1 aromatic heterocycles. The highest BCUT2D eigenvalue weighted by Crippen LogP contribution is 2.36. The molecule has 0 radical (unpaired) electrons. The fourth-order valence-corrected chi connectivity index (χ4v) is 3.09. The molecule has 1 aromatic carbocycles. The van der Waals surface area contributed by atoms with Gasteiger partial charge in [-0.15, -0.1) is 0 Å². The number of aromatic hydroxyl groups is 1. The average molecular weight is 312 g/mol. The molecular weight excluding hydrogens is 295 g/mol. The van der Waals surface area contributed by atoms with E-state index < -0.39 is 5.82 Å². The number of phenolic OH excluding ortho intramolecular Hbond substituents is 1. The smallest absolute Gasteiger partial charge is 0.165 e. The van der Waals surface area contributed by atoms with Crippen LogP contribution in [-0.4, -0.2) is 15.1 Å². The predicted molar refractivity (Wildman–Crippen MR) is 84.0 cm³/mol. The third-order valence-corrected chi connectivity index (χ3v) is 4.27. The minimum absolute atomic E-state index is 0.0711. The highest BCUT2D eigenvalue weighted by molar-refractivity contribution is 5.67. The number of halogens is 1. The second-order valence-electron chi connectivity index (χ2n) is 5.80. The zero-order valence-corrected chi connectivity index (χ0v) is 12.6. The molecule has 0 aliphatic heterocycles. The summed E-state index contributed by atoms with van der Waals surface area (Å²) in [6.07, 6.45) is 5.23. The van der Waals surface area contributed by atoms with Crippen LogP contribution >= 0.6 is 0 Å². The fraction of sp³-hybridized carbons (Fsp3) is 0.353. The highest BCUT2D eigenvalue weighted by Gasteiger charge is 2.24. The Morgan fingerprint density at radius 1 is 1.22 bits per heavy atom.